The molecule has 0 saturated carbocycles. The van der Waals surface area contributed by atoms with Crippen molar-refractivity contribution >= 4 is 27.0 Å². The molecular weight excluding hydrogens is 314 g/mol. The number of H-pyrrole nitrogens is 2. The van der Waals surface area contributed by atoms with E-state index in [1.165, 1.54) is 0 Å². The zero-order valence-electron chi connectivity index (χ0n) is 9.74. The van der Waals surface area contributed by atoms with Crippen LogP contribution in [0, 0.1) is 0 Å². The van der Waals surface area contributed by atoms with Gasteiger partial charge in [-0.2, -0.15) is 0 Å². The van der Waals surface area contributed by atoms with Gasteiger partial charge in [0, 0.05) is 12.0 Å². The molecule has 0 spiro atoms. The monoisotopic (exact) mass is 323 g/mol. The maximum Gasteiger partial charge on any atom is 0.417 e. The molecule has 0 aliphatic heterocycles. The topological polar surface area (TPSA) is 94.9 Å². The lowest BCUT2D eigenvalue weighted by atomic mass is 10.1. The molecule has 0 fully saturated rings. The number of halogens is 1. The lowest BCUT2D eigenvalue weighted by Crippen LogP contribution is -1.92. The number of aliphatic hydroxyl groups is 1. The molecule has 7 heteroatoms. The number of aromatic amines is 2. The predicted octanol–water partition coefficient (Wildman–Crippen LogP) is 1.81. The van der Waals surface area contributed by atoms with Crippen molar-refractivity contribution in [3.8, 4) is 11.3 Å². The van der Waals surface area contributed by atoms with Crippen molar-refractivity contribution in [3.05, 3.63) is 39.2 Å². The van der Waals surface area contributed by atoms with E-state index in [1.807, 2.05) is 6.07 Å². The quantitative estimate of drug-likeness (QED) is 0.685. The van der Waals surface area contributed by atoms with Crippen LogP contribution in [-0.4, -0.2) is 26.7 Å². The van der Waals surface area contributed by atoms with Gasteiger partial charge < -0.3 is 14.5 Å². The van der Waals surface area contributed by atoms with Crippen LogP contribution in [0.1, 0.15) is 5.82 Å². The van der Waals surface area contributed by atoms with Gasteiger partial charge in [0.1, 0.15) is 16.1 Å². The van der Waals surface area contributed by atoms with Crippen LogP contribution in [0.3, 0.4) is 0 Å². The molecule has 1 aromatic carbocycles. The number of oxazole rings is 1. The van der Waals surface area contributed by atoms with E-state index in [-0.39, 0.29) is 6.61 Å². The molecule has 0 bridgehead atoms. The Labute approximate surface area is 115 Å². The van der Waals surface area contributed by atoms with Crippen LogP contribution in [0.2, 0.25) is 0 Å². The molecule has 19 heavy (non-hydrogen) atoms. The fraction of sp³-hybridized carbons (Fsp3) is 0.167. The van der Waals surface area contributed by atoms with Crippen molar-refractivity contribution in [2.24, 2.45) is 0 Å². The van der Waals surface area contributed by atoms with Crippen molar-refractivity contribution in [1.29, 1.82) is 0 Å². The molecule has 0 atom stereocenters. The van der Waals surface area contributed by atoms with Gasteiger partial charge in [0.05, 0.1) is 12.1 Å². The summed E-state index contributed by atoms with van der Waals surface area (Å²) < 4.78 is 5.75. The Kier molecular flexibility index (Phi) is 3.00. The number of hydrogen-bond acceptors (Lipinski definition) is 4. The first-order valence-corrected chi connectivity index (χ1v) is 6.45. The number of aromatic nitrogens is 3. The van der Waals surface area contributed by atoms with E-state index in [0.29, 0.717) is 29.0 Å². The van der Waals surface area contributed by atoms with Crippen molar-refractivity contribution < 1.29 is 9.52 Å². The molecule has 0 amide bonds. The first kappa shape index (κ1) is 12.2. The highest BCUT2D eigenvalue weighted by Crippen LogP contribution is 2.28. The Balaban J connectivity index is 2.10. The van der Waals surface area contributed by atoms with Gasteiger partial charge in [0.2, 0.25) is 0 Å². The number of nitrogens with one attached hydrogen (secondary N) is 2. The summed E-state index contributed by atoms with van der Waals surface area (Å²) in [5.74, 6) is 0.217. The van der Waals surface area contributed by atoms with Gasteiger partial charge in [-0.1, -0.05) is 6.07 Å². The maximum absolute atomic E-state index is 11.1. The average molecular weight is 324 g/mol. The van der Waals surface area contributed by atoms with Crippen molar-refractivity contribution in [3.63, 3.8) is 0 Å². The Morgan fingerprint density at radius 3 is 3.00 bits per heavy atom. The van der Waals surface area contributed by atoms with E-state index >= 15 is 0 Å². The van der Waals surface area contributed by atoms with Gasteiger partial charge in [0.15, 0.2) is 5.58 Å². The second-order valence-corrected chi connectivity index (χ2v) is 4.84. The van der Waals surface area contributed by atoms with Crippen LogP contribution >= 0.6 is 15.9 Å². The minimum atomic E-state index is -0.478. The van der Waals surface area contributed by atoms with E-state index < -0.39 is 5.76 Å². The minimum absolute atomic E-state index is 0.0329. The molecule has 6 nitrogen and oxygen atoms in total. The first-order valence-electron chi connectivity index (χ1n) is 5.66. The summed E-state index contributed by atoms with van der Waals surface area (Å²) in [4.78, 5) is 21.1. The average Bonchev–Trinajstić information content (AvgIpc) is 2.90. The number of nitrogens with zero attached hydrogens (tertiary/aromatic N) is 1. The highest BCUT2D eigenvalue weighted by atomic mass is 79.9. The van der Waals surface area contributed by atoms with Gasteiger partial charge in [-0.05, 0) is 28.1 Å². The van der Waals surface area contributed by atoms with Crippen LogP contribution in [0.15, 0.2) is 32.0 Å². The molecule has 0 unspecified atom stereocenters. The number of hydrogen-bond donors (Lipinski definition) is 3. The molecule has 3 N–H and O–H groups in total. The fourth-order valence-electron chi connectivity index (χ4n) is 1.91. The zero-order chi connectivity index (χ0) is 13.4. The lowest BCUT2D eigenvalue weighted by molar-refractivity contribution is 0.297. The van der Waals surface area contributed by atoms with Gasteiger partial charge in [-0.3, -0.25) is 4.98 Å². The summed E-state index contributed by atoms with van der Waals surface area (Å²) in [5, 5.41) is 8.91. The van der Waals surface area contributed by atoms with E-state index in [1.54, 1.807) is 12.1 Å². The highest BCUT2D eigenvalue weighted by molar-refractivity contribution is 9.10. The van der Waals surface area contributed by atoms with Crippen molar-refractivity contribution in [2.75, 3.05) is 6.61 Å². The van der Waals surface area contributed by atoms with Crippen LogP contribution in [0.4, 0.5) is 0 Å². The third-order valence-electron chi connectivity index (χ3n) is 2.75. The highest BCUT2D eigenvalue weighted by Gasteiger charge is 2.11. The molecular formula is C12H10BrN3O3. The predicted molar refractivity (Wildman–Crippen MR) is 72.9 cm³/mol. The van der Waals surface area contributed by atoms with Crippen LogP contribution in [0.5, 0.6) is 0 Å². The second kappa shape index (κ2) is 4.67. The van der Waals surface area contributed by atoms with Gasteiger partial charge in [-0.15, -0.1) is 0 Å². The molecule has 3 aromatic rings. The molecule has 0 saturated heterocycles. The Bertz CT molecular complexity index is 787. The van der Waals surface area contributed by atoms with E-state index in [2.05, 4.69) is 30.9 Å². The lowest BCUT2D eigenvalue weighted by Gasteiger charge is -1.97. The third-order valence-corrected chi connectivity index (χ3v) is 3.33. The van der Waals surface area contributed by atoms with E-state index in [4.69, 9.17) is 9.52 Å². The first-order chi connectivity index (χ1) is 9.17. The van der Waals surface area contributed by atoms with Gasteiger partial charge >= 0.3 is 5.76 Å². The summed E-state index contributed by atoms with van der Waals surface area (Å²) in [5.41, 5.74) is 2.67. The van der Waals surface area contributed by atoms with Crippen LogP contribution < -0.4 is 5.76 Å². The molecule has 0 radical (unpaired) electrons. The molecule has 3 rings (SSSR count). The Hall–Kier alpha value is -1.86. The normalized spacial score (nSPS) is 11.3. The van der Waals surface area contributed by atoms with Crippen LogP contribution in [0.25, 0.3) is 22.4 Å². The Morgan fingerprint density at radius 2 is 2.21 bits per heavy atom. The number of imidazole rings is 1. The van der Waals surface area contributed by atoms with Crippen molar-refractivity contribution in [1.82, 2.24) is 15.0 Å². The van der Waals surface area contributed by atoms with Gasteiger partial charge in [-0.25, -0.2) is 9.78 Å². The summed E-state index contributed by atoms with van der Waals surface area (Å²) in [6.45, 7) is 0.0329. The molecule has 2 aromatic heterocycles. The minimum Gasteiger partial charge on any atom is -0.408 e. The summed E-state index contributed by atoms with van der Waals surface area (Å²) in [6.07, 6.45) is 0.458. The standard InChI is InChI=1S/C12H10BrN3O3/c13-11-10(15-9(16-11)3-4-17)6-1-2-7-8(5-6)19-12(18)14-7/h1-2,5,17H,3-4H2,(H,14,18)(H,15,16). The number of rotatable bonds is 3. The summed E-state index contributed by atoms with van der Waals surface area (Å²) >= 11 is 3.39. The number of benzene rings is 1. The molecule has 0 aliphatic rings. The molecule has 2 heterocycles. The van der Waals surface area contributed by atoms with E-state index in [9.17, 15) is 4.79 Å². The maximum atomic E-state index is 11.1. The van der Waals surface area contributed by atoms with Crippen molar-refractivity contribution in [2.45, 2.75) is 6.42 Å². The fourth-order valence-corrected chi connectivity index (χ4v) is 2.45. The van der Waals surface area contributed by atoms with E-state index in [0.717, 1.165) is 10.2 Å². The van der Waals surface area contributed by atoms with Gasteiger partial charge in [0.25, 0.3) is 0 Å². The SMILES string of the molecule is O=c1[nH]c2ccc(-c3nc(CCO)[nH]c3Br)cc2o1. The largest absolute Gasteiger partial charge is 0.417 e. The summed E-state index contributed by atoms with van der Waals surface area (Å²) in [6, 6.07) is 5.36. The molecule has 98 valence electrons. The third kappa shape index (κ3) is 2.22. The molecule has 0 aliphatic carbocycles. The smallest absolute Gasteiger partial charge is 0.408 e. The Morgan fingerprint density at radius 1 is 1.37 bits per heavy atom. The number of aliphatic hydroxyl groups excluding tert-OH is 1. The van der Waals surface area contributed by atoms with Crippen LogP contribution in [-0.2, 0) is 6.42 Å². The second-order valence-electron chi connectivity index (χ2n) is 4.05. The number of fused-ring (bicyclic) bond motifs is 1. The zero-order valence-corrected chi connectivity index (χ0v) is 11.3. The summed E-state index contributed by atoms with van der Waals surface area (Å²) in [7, 11) is 0.